The molecule has 0 fully saturated rings. The van der Waals surface area contributed by atoms with Crippen molar-refractivity contribution >= 4 is 34.4 Å². The lowest BCUT2D eigenvalue weighted by molar-refractivity contribution is -0.120. The van der Waals surface area contributed by atoms with E-state index < -0.39 is 6.04 Å². The number of fused-ring (bicyclic) bond motifs is 1. The lowest BCUT2D eigenvalue weighted by Crippen LogP contribution is -2.38. The number of hydrogen-bond acceptors (Lipinski definition) is 6. The number of anilines is 1. The predicted octanol–water partition coefficient (Wildman–Crippen LogP) is 5.14. The molecule has 37 heavy (non-hydrogen) atoms. The van der Waals surface area contributed by atoms with Crippen LogP contribution in [-0.2, 0) is 16.1 Å². The van der Waals surface area contributed by atoms with Crippen LogP contribution < -0.4 is 10.6 Å². The van der Waals surface area contributed by atoms with Gasteiger partial charge >= 0.3 is 0 Å². The summed E-state index contributed by atoms with van der Waals surface area (Å²) in [6.45, 7) is 2.10. The zero-order valence-electron chi connectivity index (χ0n) is 20.0. The molecule has 9 heteroatoms. The standard InChI is InChI=1S/C28H24FN5O2S/c1-18-25(27(36)33-21-7-3-2-4-8-21)26(19-10-12-20(29)13-11-19)34-23(17-37-28(34)32-18)15-24(35)31-16-22-9-5-6-14-30-22/h2-14,17,26H,15-16H2,1H3,(H,31,35)(H,33,36)/t26-/m1/s1. The molecule has 2 aromatic carbocycles. The van der Waals surface area contributed by atoms with Crippen LogP contribution in [0.4, 0.5) is 10.1 Å². The number of carbonyl (C=O) groups is 2. The van der Waals surface area contributed by atoms with E-state index in [2.05, 4.69) is 20.6 Å². The molecule has 5 rings (SSSR count). The van der Waals surface area contributed by atoms with Crippen molar-refractivity contribution in [2.75, 3.05) is 5.32 Å². The summed E-state index contributed by atoms with van der Waals surface area (Å²) in [5.74, 6) is -0.861. The molecule has 3 heterocycles. The number of hydrogen-bond donors (Lipinski definition) is 2. The van der Waals surface area contributed by atoms with Crippen LogP contribution in [0.25, 0.3) is 0 Å². The number of pyridine rings is 1. The summed E-state index contributed by atoms with van der Waals surface area (Å²) in [4.78, 5) is 37.2. The van der Waals surface area contributed by atoms with Gasteiger partial charge in [-0.25, -0.2) is 9.38 Å². The van der Waals surface area contributed by atoms with Crippen LogP contribution in [-0.4, -0.2) is 26.9 Å². The predicted molar refractivity (Wildman–Crippen MR) is 143 cm³/mol. The van der Waals surface area contributed by atoms with E-state index in [1.165, 1.54) is 23.9 Å². The summed E-state index contributed by atoms with van der Waals surface area (Å²) in [6.07, 6.45) is 1.77. The largest absolute Gasteiger partial charge is 0.350 e. The Morgan fingerprint density at radius 2 is 1.78 bits per heavy atom. The summed E-state index contributed by atoms with van der Waals surface area (Å²) >= 11 is 1.40. The number of amides is 2. The fraction of sp³-hybridized carbons (Fsp3) is 0.143. The summed E-state index contributed by atoms with van der Waals surface area (Å²) in [7, 11) is 0. The Morgan fingerprint density at radius 3 is 2.51 bits per heavy atom. The molecule has 2 aliphatic heterocycles. The van der Waals surface area contributed by atoms with Gasteiger partial charge in [-0.3, -0.25) is 14.6 Å². The van der Waals surface area contributed by atoms with Gasteiger partial charge < -0.3 is 15.5 Å². The number of allylic oxidation sites excluding steroid dienone is 1. The Labute approximate surface area is 218 Å². The van der Waals surface area contributed by atoms with E-state index in [1.807, 2.05) is 46.7 Å². The maximum absolute atomic E-state index is 13.8. The molecule has 1 aromatic heterocycles. The van der Waals surface area contributed by atoms with Gasteiger partial charge in [-0.15, -0.1) is 0 Å². The van der Waals surface area contributed by atoms with Gasteiger partial charge in [0, 0.05) is 17.6 Å². The van der Waals surface area contributed by atoms with E-state index in [9.17, 15) is 14.0 Å². The molecular formula is C28H24FN5O2S. The fourth-order valence-corrected chi connectivity index (χ4v) is 5.22. The first kappa shape index (κ1) is 24.5. The van der Waals surface area contributed by atoms with Crippen LogP contribution >= 0.6 is 11.8 Å². The van der Waals surface area contributed by atoms with Crippen molar-refractivity contribution in [2.45, 2.75) is 25.9 Å². The minimum absolute atomic E-state index is 0.0865. The minimum atomic E-state index is -0.582. The Balaban J connectivity index is 1.43. The van der Waals surface area contributed by atoms with Crippen LogP contribution in [0.3, 0.4) is 0 Å². The highest BCUT2D eigenvalue weighted by molar-refractivity contribution is 8.16. The molecule has 0 saturated carbocycles. The molecule has 0 spiro atoms. The van der Waals surface area contributed by atoms with E-state index in [1.54, 1.807) is 37.4 Å². The lowest BCUT2D eigenvalue weighted by atomic mass is 9.93. The third-order valence-electron chi connectivity index (χ3n) is 6.00. The van der Waals surface area contributed by atoms with Gasteiger partial charge in [-0.1, -0.05) is 48.2 Å². The van der Waals surface area contributed by atoms with E-state index >= 15 is 0 Å². The van der Waals surface area contributed by atoms with Gasteiger partial charge in [-0.2, -0.15) is 0 Å². The average molecular weight is 514 g/mol. The lowest BCUT2D eigenvalue weighted by Gasteiger charge is -2.36. The molecule has 3 aromatic rings. The summed E-state index contributed by atoms with van der Waals surface area (Å²) in [5, 5.41) is 8.39. The van der Waals surface area contributed by atoms with Crippen molar-refractivity contribution in [1.82, 2.24) is 15.2 Å². The monoisotopic (exact) mass is 513 g/mol. The first-order chi connectivity index (χ1) is 18.0. The number of para-hydroxylation sites is 1. The summed E-state index contributed by atoms with van der Waals surface area (Å²) in [5.41, 5.74) is 3.83. The third-order valence-corrected chi connectivity index (χ3v) is 6.89. The third kappa shape index (κ3) is 5.46. The van der Waals surface area contributed by atoms with Crippen LogP contribution in [0.2, 0.25) is 0 Å². The number of aromatic nitrogens is 1. The molecule has 186 valence electrons. The Bertz CT molecular complexity index is 1410. The minimum Gasteiger partial charge on any atom is -0.350 e. The second kappa shape index (κ2) is 10.8. The first-order valence-electron chi connectivity index (χ1n) is 11.7. The average Bonchev–Trinajstić information content (AvgIpc) is 3.30. The first-order valence-corrected chi connectivity index (χ1v) is 12.6. The maximum atomic E-state index is 13.8. The number of rotatable bonds is 7. The summed E-state index contributed by atoms with van der Waals surface area (Å²) < 4.78 is 13.8. The van der Waals surface area contributed by atoms with Gasteiger partial charge in [-0.05, 0) is 54.3 Å². The number of benzene rings is 2. The van der Waals surface area contributed by atoms with E-state index in [-0.39, 0.29) is 24.1 Å². The maximum Gasteiger partial charge on any atom is 0.255 e. The van der Waals surface area contributed by atoms with E-state index in [0.29, 0.717) is 39.9 Å². The highest BCUT2D eigenvalue weighted by Gasteiger charge is 2.40. The molecule has 1 atom stereocenters. The number of aliphatic imine (C=N–C) groups is 1. The van der Waals surface area contributed by atoms with Gasteiger partial charge in [0.05, 0.1) is 36.0 Å². The molecule has 7 nitrogen and oxygen atoms in total. The number of amidine groups is 1. The molecule has 0 aliphatic carbocycles. The SMILES string of the molecule is CC1=C(C(=O)Nc2ccccc2)[C@@H](c2ccc(F)cc2)N2C(CC(=O)NCc3ccccn3)=CSC2=N1. The second-order valence-corrected chi connectivity index (χ2v) is 9.38. The van der Waals surface area contributed by atoms with Crippen LogP contribution in [0.5, 0.6) is 0 Å². The van der Waals surface area contributed by atoms with Crippen molar-refractivity contribution in [3.63, 3.8) is 0 Å². The Kier molecular flexibility index (Phi) is 7.14. The molecule has 2 aliphatic rings. The zero-order chi connectivity index (χ0) is 25.8. The molecule has 2 N–H and O–H groups in total. The van der Waals surface area contributed by atoms with Crippen molar-refractivity contribution in [2.24, 2.45) is 4.99 Å². The summed E-state index contributed by atoms with van der Waals surface area (Å²) in [6, 6.07) is 20.2. The zero-order valence-corrected chi connectivity index (χ0v) is 20.8. The van der Waals surface area contributed by atoms with Gasteiger partial charge in [0.25, 0.3) is 5.91 Å². The van der Waals surface area contributed by atoms with Crippen molar-refractivity contribution in [3.05, 3.63) is 118 Å². The van der Waals surface area contributed by atoms with Gasteiger partial charge in [0.15, 0.2) is 5.17 Å². The van der Waals surface area contributed by atoms with Crippen LogP contribution in [0.15, 0.2) is 106 Å². The molecule has 0 radical (unpaired) electrons. The Morgan fingerprint density at radius 1 is 1.03 bits per heavy atom. The van der Waals surface area contributed by atoms with E-state index in [0.717, 1.165) is 5.69 Å². The number of nitrogens with zero attached hydrogens (tertiary/aromatic N) is 3. The van der Waals surface area contributed by atoms with Crippen molar-refractivity contribution in [3.8, 4) is 0 Å². The second-order valence-electron chi connectivity index (χ2n) is 8.54. The van der Waals surface area contributed by atoms with Crippen LogP contribution in [0, 0.1) is 5.82 Å². The highest BCUT2D eigenvalue weighted by Crippen LogP contribution is 2.44. The molecule has 2 amide bonds. The molecular weight excluding hydrogens is 489 g/mol. The fourth-order valence-electron chi connectivity index (χ4n) is 4.26. The van der Waals surface area contributed by atoms with Crippen molar-refractivity contribution < 1.29 is 14.0 Å². The quantitative estimate of drug-likeness (QED) is 0.457. The molecule has 0 saturated heterocycles. The normalized spacial score (nSPS) is 16.6. The number of halogens is 1. The number of thioether (sulfide) groups is 1. The molecule has 0 bridgehead atoms. The van der Waals surface area contributed by atoms with Crippen molar-refractivity contribution in [1.29, 1.82) is 0 Å². The highest BCUT2D eigenvalue weighted by atomic mass is 32.2. The van der Waals surface area contributed by atoms with E-state index in [4.69, 9.17) is 0 Å². The number of carbonyl (C=O) groups excluding carboxylic acids is 2. The smallest absolute Gasteiger partial charge is 0.255 e. The molecule has 0 unspecified atom stereocenters. The number of nitrogens with one attached hydrogen (secondary N) is 2. The Hall–Kier alpha value is -4.24. The topological polar surface area (TPSA) is 86.7 Å². The van der Waals surface area contributed by atoms with Gasteiger partial charge in [0.1, 0.15) is 5.82 Å². The van der Waals surface area contributed by atoms with Gasteiger partial charge in [0.2, 0.25) is 5.91 Å². The van der Waals surface area contributed by atoms with Crippen LogP contribution in [0.1, 0.15) is 30.6 Å².